The van der Waals surface area contributed by atoms with E-state index in [1.165, 1.54) is 11.1 Å². The quantitative estimate of drug-likeness (QED) is 0.667. The first-order valence-corrected chi connectivity index (χ1v) is 6.85. The molecule has 1 aromatic rings. The van der Waals surface area contributed by atoms with Crippen molar-refractivity contribution in [3.63, 3.8) is 0 Å². The molecule has 0 amide bonds. The van der Waals surface area contributed by atoms with E-state index in [4.69, 9.17) is 16.3 Å². The lowest BCUT2D eigenvalue weighted by Gasteiger charge is -2.09. The second-order valence-electron chi connectivity index (χ2n) is 3.87. The third-order valence-corrected chi connectivity index (χ3v) is 3.35. The first kappa shape index (κ1) is 12.2. The minimum absolute atomic E-state index is 0.708. The van der Waals surface area contributed by atoms with Gasteiger partial charge in [0, 0.05) is 28.9 Å². The fourth-order valence-corrected chi connectivity index (χ4v) is 2.58. The van der Waals surface area contributed by atoms with Gasteiger partial charge in [0.2, 0.25) is 0 Å². The van der Waals surface area contributed by atoms with Crippen molar-refractivity contribution >= 4 is 27.5 Å². The van der Waals surface area contributed by atoms with Gasteiger partial charge in [-0.1, -0.05) is 15.9 Å². The van der Waals surface area contributed by atoms with Gasteiger partial charge in [0.1, 0.15) is 5.75 Å². The Labute approximate surface area is 109 Å². The molecule has 88 valence electrons. The predicted octanol–water partition coefficient (Wildman–Crippen LogP) is 3.10. The van der Waals surface area contributed by atoms with Crippen molar-refractivity contribution in [3.8, 4) is 5.75 Å². The number of alkyl halides is 1. The highest BCUT2D eigenvalue weighted by molar-refractivity contribution is 9.10. The van der Waals surface area contributed by atoms with Crippen LogP contribution in [0.25, 0.3) is 0 Å². The Morgan fingerprint density at radius 1 is 1.44 bits per heavy atom. The highest BCUT2D eigenvalue weighted by atomic mass is 79.9. The maximum atomic E-state index is 5.65. The molecule has 1 aliphatic heterocycles. The van der Waals surface area contributed by atoms with E-state index in [1.54, 1.807) is 0 Å². The fourth-order valence-electron chi connectivity index (χ4n) is 1.89. The van der Waals surface area contributed by atoms with Crippen molar-refractivity contribution in [2.75, 3.05) is 19.0 Å². The largest absolute Gasteiger partial charge is 0.493 e. The van der Waals surface area contributed by atoms with Crippen molar-refractivity contribution in [3.05, 3.63) is 27.7 Å². The van der Waals surface area contributed by atoms with Gasteiger partial charge in [-0.25, -0.2) is 0 Å². The lowest BCUT2D eigenvalue weighted by Crippen LogP contribution is -2.15. The van der Waals surface area contributed by atoms with Gasteiger partial charge in [-0.15, -0.1) is 11.6 Å². The highest BCUT2D eigenvalue weighted by Crippen LogP contribution is 2.32. The Hall–Kier alpha value is -0.250. The van der Waals surface area contributed by atoms with E-state index in [-0.39, 0.29) is 0 Å². The van der Waals surface area contributed by atoms with Crippen molar-refractivity contribution in [1.82, 2.24) is 5.32 Å². The summed E-state index contributed by atoms with van der Waals surface area (Å²) in [7, 11) is 0. The summed E-state index contributed by atoms with van der Waals surface area (Å²) in [6.45, 7) is 2.60. The Morgan fingerprint density at radius 2 is 2.31 bits per heavy atom. The lowest BCUT2D eigenvalue weighted by molar-refractivity contribution is 0.352. The van der Waals surface area contributed by atoms with Gasteiger partial charge in [0.05, 0.1) is 6.61 Å². The van der Waals surface area contributed by atoms with Gasteiger partial charge in [0.15, 0.2) is 0 Å². The second-order valence-corrected chi connectivity index (χ2v) is 5.16. The summed E-state index contributed by atoms with van der Waals surface area (Å²) in [4.78, 5) is 0. The average Bonchev–Trinajstić information content (AvgIpc) is 2.72. The van der Waals surface area contributed by atoms with E-state index in [0.717, 1.165) is 42.8 Å². The number of fused-ring (bicyclic) bond motifs is 1. The van der Waals surface area contributed by atoms with Gasteiger partial charge in [-0.3, -0.25) is 0 Å². The normalized spacial score (nSPS) is 13.6. The van der Waals surface area contributed by atoms with E-state index < -0.39 is 0 Å². The van der Waals surface area contributed by atoms with Crippen molar-refractivity contribution in [1.29, 1.82) is 0 Å². The monoisotopic (exact) mass is 303 g/mol. The van der Waals surface area contributed by atoms with Gasteiger partial charge >= 0.3 is 0 Å². The van der Waals surface area contributed by atoms with Crippen LogP contribution < -0.4 is 10.1 Å². The zero-order valence-corrected chi connectivity index (χ0v) is 11.4. The molecule has 0 unspecified atom stereocenters. The van der Waals surface area contributed by atoms with Crippen LogP contribution in [0.2, 0.25) is 0 Å². The summed E-state index contributed by atoms with van der Waals surface area (Å²) in [5, 5.41) is 3.37. The number of rotatable bonds is 5. The van der Waals surface area contributed by atoms with Crippen molar-refractivity contribution in [2.24, 2.45) is 0 Å². The first-order valence-electron chi connectivity index (χ1n) is 5.52. The zero-order valence-electron chi connectivity index (χ0n) is 9.06. The summed E-state index contributed by atoms with van der Waals surface area (Å²) in [6.07, 6.45) is 2.02. The van der Waals surface area contributed by atoms with Gasteiger partial charge < -0.3 is 10.1 Å². The average molecular weight is 305 g/mol. The number of ether oxygens (including phenoxy) is 1. The second kappa shape index (κ2) is 5.89. The molecule has 16 heavy (non-hydrogen) atoms. The molecule has 1 aliphatic rings. The zero-order chi connectivity index (χ0) is 11.4. The van der Waals surface area contributed by atoms with Crippen LogP contribution in [0, 0.1) is 0 Å². The molecule has 2 rings (SSSR count). The highest BCUT2D eigenvalue weighted by Gasteiger charge is 2.16. The van der Waals surface area contributed by atoms with Gasteiger partial charge in [-0.2, -0.15) is 0 Å². The molecule has 2 nitrogen and oxygen atoms in total. The summed E-state index contributed by atoms with van der Waals surface area (Å²) < 4.78 is 6.79. The summed E-state index contributed by atoms with van der Waals surface area (Å²) >= 11 is 9.16. The predicted molar refractivity (Wildman–Crippen MR) is 70.4 cm³/mol. The van der Waals surface area contributed by atoms with E-state index >= 15 is 0 Å². The number of nitrogens with one attached hydrogen (secondary N) is 1. The Bertz CT molecular complexity index is 370. The number of hydrogen-bond donors (Lipinski definition) is 1. The Kier molecular flexibility index (Phi) is 4.50. The number of benzene rings is 1. The van der Waals surface area contributed by atoms with E-state index in [1.807, 2.05) is 0 Å². The summed E-state index contributed by atoms with van der Waals surface area (Å²) in [6, 6.07) is 4.27. The Morgan fingerprint density at radius 3 is 3.12 bits per heavy atom. The van der Waals surface area contributed by atoms with Crippen molar-refractivity contribution < 1.29 is 4.74 Å². The molecule has 0 atom stereocenters. The molecule has 0 radical (unpaired) electrons. The van der Waals surface area contributed by atoms with Crippen LogP contribution in [0.1, 0.15) is 17.5 Å². The molecule has 4 heteroatoms. The molecule has 0 saturated heterocycles. The van der Waals surface area contributed by atoms with E-state index in [0.29, 0.717) is 5.88 Å². The van der Waals surface area contributed by atoms with Crippen LogP contribution in [-0.4, -0.2) is 19.0 Å². The molecule has 1 N–H and O–H groups in total. The van der Waals surface area contributed by atoms with E-state index in [2.05, 4.69) is 33.4 Å². The summed E-state index contributed by atoms with van der Waals surface area (Å²) in [5.41, 5.74) is 2.54. The minimum atomic E-state index is 0.708. The standard InChI is InChI=1S/C12H15BrClNO/c13-11-6-9-2-5-16-12(9)10(7-11)8-15-4-1-3-14/h6-7,15H,1-5,8H2. The third kappa shape index (κ3) is 2.90. The van der Waals surface area contributed by atoms with Crippen LogP contribution in [0.3, 0.4) is 0 Å². The van der Waals surface area contributed by atoms with Crippen LogP contribution in [0.15, 0.2) is 16.6 Å². The molecule has 0 aliphatic carbocycles. The van der Waals surface area contributed by atoms with Crippen LogP contribution >= 0.6 is 27.5 Å². The molecule has 1 aromatic carbocycles. The third-order valence-electron chi connectivity index (χ3n) is 2.63. The molecular weight excluding hydrogens is 289 g/mol. The van der Waals surface area contributed by atoms with Gasteiger partial charge in [0.25, 0.3) is 0 Å². The van der Waals surface area contributed by atoms with Crippen LogP contribution in [-0.2, 0) is 13.0 Å². The van der Waals surface area contributed by atoms with Crippen LogP contribution in [0.4, 0.5) is 0 Å². The molecule has 0 fully saturated rings. The van der Waals surface area contributed by atoms with Crippen molar-refractivity contribution in [2.45, 2.75) is 19.4 Å². The molecule has 0 saturated carbocycles. The molecule has 0 aromatic heterocycles. The molecule has 1 heterocycles. The van der Waals surface area contributed by atoms with Gasteiger partial charge in [-0.05, 0) is 30.7 Å². The van der Waals surface area contributed by atoms with E-state index in [9.17, 15) is 0 Å². The van der Waals surface area contributed by atoms with Crippen LogP contribution in [0.5, 0.6) is 5.75 Å². The smallest absolute Gasteiger partial charge is 0.127 e. The first-order chi connectivity index (χ1) is 7.81. The SMILES string of the molecule is ClCCCNCc1cc(Br)cc2c1OCC2. The summed E-state index contributed by atoms with van der Waals surface area (Å²) in [5.74, 6) is 1.78. The molecular formula is C12H15BrClNO. The maximum absolute atomic E-state index is 5.65. The topological polar surface area (TPSA) is 21.3 Å². The fraction of sp³-hybridized carbons (Fsp3) is 0.500. The maximum Gasteiger partial charge on any atom is 0.127 e. The molecule has 0 spiro atoms. The Balaban J connectivity index is 2.03. The number of halogens is 2. The minimum Gasteiger partial charge on any atom is -0.493 e. The number of hydrogen-bond acceptors (Lipinski definition) is 2. The lowest BCUT2D eigenvalue weighted by atomic mass is 10.1. The molecule has 0 bridgehead atoms.